The molecule has 0 nitrogen and oxygen atoms in total. The normalized spacial score (nSPS) is 11.4. The van der Waals surface area contributed by atoms with Crippen LogP contribution in [0, 0.1) is 0 Å². The molecule has 32 heavy (non-hydrogen) atoms. The van der Waals surface area contributed by atoms with Gasteiger partial charge in [-0.3, -0.25) is 0 Å². The molecule has 0 saturated carbocycles. The molecule has 2 heterocycles. The lowest BCUT2D eigenvalue weighted by molar-refractivity contribution is 0.586. The molecule has 2 aromatic heterocycles. The highest BCUT2D eigenvalue weighted by Crippen LogP contribution is 2.44. The number of unbranched alkanes of at least 4 members (excludes halogenated alkanes) is 14. The van der Waals surface area contributed by atoms with E-state index in [1.54, 1.807) is 0 Å². The first-order chi connectivity index (χ1) is 15.9. The van der Waals surface area contributed by atoms with Gasteiger partial charge in [0.25, 0.3) is 0 Å². The van der Waals surface area contributed by atoms with Gasteiger partial charge in [-0.15, -0.1) is 46.2 Å². The van der Waals surface area contributed by atoms with Gasteiger partial charge in [-0.1, -0.05) is 104 Å². The van der Waals surface area contributed by atoms with E-state index in [0.717, 1.165) is 0 Å². The van der Waals surface area contributed by atoms with Gasteiger partial charge in [0.05, 0.1) is 9.75 Å². The molecule has 0 aliphatic carbocycles. The number of thiophene rings is 2. The molecule has 0 radical (unpaired) electrons. The van der Waals surface area contributed by atoms with Crippen LogP contribution in [0.1, 0.15) is 117 Å². The summed E-state index contributed by atoms with van der Waals surface area (Å²) in [5.74, 6) is 2.54. The lowest BCUT2D eigenvalue weighted by Gasteiger charge is -2.06. The van der Waals surface area contributed by atoms with Crippen LogP contribution in [-0.4, -0.2) is 11.5 Å². The average molecular weight is 511 g/mol. The van der Waals surface area contributed by atoms with Crippen LogP contribution < -0.4 is 0 Å². The van der Waals surface area contributed by atoms with E-state index >= 15 is 0 Å². The second-order valence-corrected chi connectivity index (χ2v) is 13.0. The van der Waals surface area contributed by atoms with Crippen LogP contribution >= 0.6 is 46.2 Å². The van der Waals surface area contributed by atoms with Crippen LogP contribution in [0.2, 0.25) is 0 Å². The third-order valence-corrected chi connectivity index (χ3v) is 10.5. The predicted octanol–water partition coefficient (Wildman–Crippen LogP) is 11.9. The Morgan fingerprint density at radius 3 is 1.22 bits per heavy atom. The molecule has 0 bridgehead atoms. The van der Waals surface area contributed by atoms with Crippen LogP contribution in [0.3, 0.4) is 0 Å². The van der Waals surface area contributed by atoms with E-state index in [9.17, 15) is 0 Å². The molecule has 0 saturated heterocycles. The summed E-state index contributed by atoms with van der Waals surface area (Å²) in [5.41, 5.74) is 0. The summed E-state index contributed by atoms with van der Waals surface area (Å²) in [5, 5.41) is 4.58. The van der Waals surface area contributed by atoms with Gasteiger partial charge < -0.3 is 0 Å². The molecule has 2 aromatic rings. The van der Waals surface area contributed by atoms with Gasteiger partial charge in [-0.05, 0) is 47.2 Å². The van der Waals surface area contributed by atoms with Gasteiger partial charge in [0.1, 0.15) is 0 Å². The fraction of sp³-hybridized carbons (Fsp3) is 0.714. The zero-order valence-electron chi connectivity index (χ0n) is 20.7. The number of hydrogen-bond acceptors (Lipinski definition) is 4. The minimum Gasteiger partial charge on any atom is -0.142 e. The first-order valence-electron chi connectivity index (χ1n) is 13.3. The Kier molecular flexibility index (Phi) is 17.2. The van der Waals surface area contributed by atoms with Crippen molar-refractivity contribution in [2.45, 2.75) is 126 Å². The van der Waals surface area contributed by atoms with Crippen LogP contribution in [0.5, 0.6) is 0 Å². The van der Waals surface area contributed by atoms with E-state index in [0.29, 0.717) is 0 Å². The second kappa shape index (κ2) is 19.4. The lowest BCUT2D eigenvalue weighted by Crippen LogP contribution is -1.85. The van der Waals surface area contributed by atoms with E-state index in [1.165, 1.54) is 134 Å². The molecule has 0 aliphatic heterocycles. The van der Waals surface area contributed by atoms with Crippen LogP contribution in [0.15, 0.2) is 32.7 Å². The molecule has 0 N–H and O–H groups in total. The topological polar surface area (TPSA) is 0 Å². The van der Waals surface area contributed by atoms with Crippen molar-refractivity contribution in [3.8, 4) is 9.75 Å². The maximum absolute atomic E-state index is 2.35. The SMILES string of the molecule is CCCCCCCCCCSc1ccsc1-c1sccc1SCCCCCCCCCC. The third-order valence-electron chi connectivity index (χ3n) is 5.98. The summed E-state index contributed by atoms with van der Waals surface area (Å²) in [6, 6.07) is 4.70. The fourth-order valence-corrected chi connectivity index (χ4v) is 8.64. The maximum atomic E-state index is 2.35. The molecule has 2 rings (SSSR count). The van der Waals surface area contributed by atoms with Crippen molar-refractivity contribution < 1.29 is 0 Å². The summed E-state index contributed by atoms with van der Waals surface area (Å²) in [7, 11) is 0. The van der Waals surface area contributed by atoms with E-state index in [1.807, 2.05) is 22.7 Å². The van der Waals surface area contributed by atoms with Crippen molar-refractivity contribution in [3.05, 3.63) is 22.9 Å². The third kappa shape index (κ3) is 12.0. The van der Waals surface area contributed by atoms with Crippen LogP contribution in [0.4, 0.5) is 0 Å². The van der Waals surface area contributed by atoms with Crippen molar-refractivity contribution in [3.63, 3.8) is 0 Å². The number of rotatable bonds is 21. The minimum absolute atomic E-state index is 1.27. The van der Waals surface area contributed by atoms with Gasteiger partial charge in [0, 0.05) is 9.79 Å². The Bertz CT molecular complexity index is 614. The molecule has 182 valence electrons. The first kappa shape index (κ1) is 28.3. The number of hydrogen-bond donors (Lipinski definition) is 0. The van der Waals surface area contributed by atoms with E-state index in [2.05, 4.69) is 60.3 Å². The summed E-state index contributed by atoms with van der Waals surface area (Å²) in [6.45, 7) is 4.59. The quantitative estimate of drug-likeness (QED) is 0.121. The lowest BCUT2D eigenvalue weighted by atomic mass is 10.1. The Balaban J connectivity index is 1.63. The van der Waals surface area contributed by atoms with Gasteiger partial charge in [-0.2, -0.15) is 0 Å². The molecular weight excluding hydrogens is 465 g/mol. The largest absolute Gasteiger partial charge is 0.142 e. The minimum atomic E-state index is 1.27. The van der Waals surface area contributed by atoms with Crippen LogP contribution in [-0.2, 0) is 0 Å². The summed E-state index contributed by atoms with van der Waals surface area (Å²) in [6.07, 6.45) is 22.5. The van der Waals surface area contributed by atoms with Crippen molar-refractivity contribution in [2.75, 3.05) is 11.5 Å². The van der Waals surface area contributed by atoms with E-state index < -0.39 is 0 Å². The predicted molar refractivity (Wildman–Crippen MR) is 154 cm³/mol. The van der Waals surface area contributed by atoms with E-state index in [-0.39, 0.29) is 0 Å². The molecule has 0 aromatic carbocycles. The summed E-state index contributed by atoms with van der Waals surface area (Å²) >= 11 is 8.03. The highest BCUT2D eigenvalue weighted by molar-refractivity contribution is 8.00. The zero-order chi connectivity index (χ0) is 22.7. The van der Waals surface area contributed by atoms with Gasteiger partial charge in [0.15, 0.2) is 0 Å². The summed E-state index contributed by atoms with van der Waals surface area (Å²) in [4.78, 5) is 6.05. The van der Waals surface area contributed by atoms with Crippen molar-refractivity contribution in [2.24, 2.45) is 0 Å². The van der Waals surface area contributed by atoms with Gasteiger partial charge in [0.2, 0.25) is 0 Å². The standard InChI is InChI=1S/C28H46S4/c1-3-5-7-9-11-13-15-17-21-29-25-19-23-31-27(25)28-26(20-24-32-28)30-22-18-16-14-12-10-8-6-4-2/h19-20,23-24H,3-18,21-22H2,1-2H3. The van der Waals surface area contributed by atoms with Crippen molar-refractivity contribution in [1.29, 1.82) is 0 Å². The molecular formula is C28H46S4. The second-order valence-electron chi connectivity index (χ2n) is 8.87. The van der Waals surface area contributed by atoms with Gasteiger partial charge >= 0.3 is 0 Å². The fourth-order valence-electron chi connectivity index (χ4n) is 3.99. The summed E-state index contributed by atoms with van der Waals surface area (Å²) < 4.78 is 0. The Labute approximate surface area is 215 Å². The smallest absolute Gasteiger partial charge is 0.0589 e. The Morgan fingerprint density at radius 1 is 0.500 bits per heavy atom. The first-order valence-corrected chi connectivity index (χ1v) is 17.0. The van der Waals surface area contributed by atoms with Gasteiger partial charge in [-0.25, -0.2) is 0 Å². The maximum Gasteiger partial charge on any atom is 0.0589 e. The highest BCUT2D eigenvalue weighted by atomic mass is 32.2. The Morgan fingerprint density at radius 2 is 0.844 bits per heavy atom. The zero-order valence-corrected chi connectivity index (χ0v) is 23.9. The van der Waals surface area contributed by atoms with Crippen LogP contribution in [0.25, 0.3) is 9.75 Å². The van der Waals surface area contributed by atoms with Crippen molar-refractivity contribution >= 4 is 46.2 Å². The molecule has 0 spiro atoms. The average Bonchev–Trinajstić information content (AvgIpc) is 3.46. The van der Waals surface area contributed by atoms with E-state index in [4.69, 9.17) is 0 Å². The molecule has 0 amide bonds. The molecule has 0 fully saturated rings. The molecule has 4 heteroatoms. The van der Waals surface area contributed by atoms with Crippen molar-refractivity contribution in [1.82, 2.24) is 0 Å². The molecule has 0 unspecified atom stereocenters. The monoisotopic (exact) mass is 510 g/mol. The molecule has 0 atom stereocenters. The Hall–Kier alpha value is 0.1000. The number of thioether (sulfide) groups is 2. The molecule has 0 aliphatic rings. The highest BCUT2D eigenvalue weighted by Gasteiger charge is 2.13.